The average Bonchev–Trinajstić information content (AvgIpc) is 2.99. The van der Waals surface area contributed by atoms with Crippen molar-refractivity contribution < 1.29 is 18.0 Å². The van der Waals surface area contributed by atoms with E-state index < -0.39 is 12.7 Å². The van der Waals surface area contributed by atoms with Crippen LogP contribution < -0.4 is 10.2 Å². The first-order chi connectivity index (χ1) is 10.8. The maximum absolute atomic E-state index is 12.5. The molecule has 4 nitrogen and oxygen atoms in total. The highest BCUT2D eigenvalue weighted by molar-refractivity contribution is 5.95. The topological polar surface area (TPSA) is 35.6 Å². The Balaban J connectivity index is 1.60. The summed E-state index contributed by atoms with van der Waals surface area (Å²) in [6.07, 6.45) is -2.85. The van der Waals surface area contributed by atoms with Crippen LogP contribution in [0.5, 0.6) is 0 Å². The fraction of sp³-hybridized carbons (Fsp3) is 0.562. The second kappa shape index (κ2) is 6.03. The summed E-state index contributed by atoms with van der Waals surface area (Å²) >= 11 is 0. The molecule has 2 aliphatic rings. The van der Waals surface area contributed by atoms with Gasteiger partial charge in [-0.05, 0) is 31.4 Å². The molecule has 126 valence electrons. The van der Waals surface area contributed by atoms with Crippen LogP contribution in [0.1, 0.15) is 18.9 Å². The van der Waals surface area contributed by atoms with Crippen LogP contribution in [0.25, 0.3) is 0 Å². The number of nitrogens with one attached hydrogen (secondary N) is 1. The molecule has 0 saturated carbocycles. The van der Waals surface area contributed by atoms with Crippen LogP contribution in [0.4, 0.5) is 23.7 Å². The van der Waals surface area contributed by atoms with Gasteiger partial charge in [0.2, 0.25) is 0 Å². The first-order valence-electron chi connectivity index (χ1n) is 7.80. The molecule has 0 radical (unpaired) electrons. The van der Waals surface area contributed by atoms with Gasteiger partial charge < -0.3 is 5.32 Å². The molecule has 2 heterocycles. The minimum Gasteiger partial charge on any atom is -0.334 e. The number of fused-ring (bicyclic) bond motifs is 1. The summed E-state index contributed by atoms with van der Waals surface area (Å²) in [5.74, 6) is 0. The number of carbonyl (C=O) groups excluding carboxylic acids is 1. The normalized spacial score (nSPS) is 24.8. The summed E-state index contributed by atoms with van der Waals surface area (Å²) in [5, 5.41) is 2.89. The van der Waals surface area contributed by atoms with Crippen molar-refractivity contribution in [2.75, 3.05) is 24.5 Å². The Morgan fingerprint density at radius 1 is 1.35 bits per heavy atom. The van der Waals surface area contributed by atoms with Crippen LogP contribution >= 0.6 is 0 Å². The zero-order chi connectivity index (χ0) is 16.6. The molecular weight excluding hydrogens is 307 g/mol. The van der Waals surface area contributed by atoms with Crippen molar-refractivity contribution in [3.63, 3.8) is 0 Å². The maximum Gasteiger partial charge on any atom is 0.401 e. The Bertz CT molecular complexity index is 590. The van der Waals surface area contributed by atoms with Gasteiger partial charge in [0.05, 0.1) is 6.54 Å². The third-order valence-corrected chi connectivity index (χ3v) is 4.43. The van der Waals surface area contributed by atoms with Crippen LogP contribution in [0.2, 0.25) is 0 Å². The SMILES string of the molecule is CC1Cc2ccccc2N1C(=O)NC1CCN(CC(F)(F)F)C1. The van der Waals surface area contributed by atoms with Crippen LogP contribution in [0.3, 0.4) is 0 Å². The van der Waals surface area contributed by atoms with Crippen LogP contribution in [0.15, 0.2) is 24.3 Å². The smallest absolute Gasteiger partial charge is 0.334 e. The Hall–Kier alpha value is -1.76. The molecule has 3 rings (SSSR count). The molecule has 23 heavy (non-hydrogen) atoms. The van der Waals surface area contributed by atoms with Gasteiger partial charge in [-0.25, -0.2) is 4.79 Å². The summed E-state index contributed by atoms with van der Waals surface area (Å²) in [4.78, 5) is 15.6. The first kappa shape index (κ1) is 16.1. The average molecular weight is 327 g/mol. The third kappa shape index (κ3) is 3.60. The predicted octanol–water partition coefficient (Wildman–Crippen LogP) is 2.78. The summed E-state index contributed by atoms with van der Waals surface area (Å²) in [5.41, 5.74) is 2.02. The van der Waals surface area contributed by atoms with E-state index in [0.29, 0.717) is 13.0 Å². The Morgan fingerprint density at radius 2 is 2.09 bits per heavy atom. The molecule has 1 N–H and O–H groups in total. The molecule has 1 saturated heterocycles. The highest BCUT2D eigenvalue weighted by atomic mass is 19.4. The van der Waals surface area contributed by atoms with E-state index in [-0.39, 0.29) is 24.7 Å². The number of hydrogen-bond donors (Lipinski definition) is 1. The molecule has 2 unspecified atom stereocenters. The van der Waals surface area contributed by atoms with Gasteiger partial charge in [0.15, 0.2) is 0 Å². The standard InChI is InChI=1S/C16H20F3N3O/c1-11-8-12-4-2-3-5-14(12)22(11)15(23)20-13-6-7-21(9-13)10-16(17,18)19/h2-5,11,13H,6-10H2,1H3,(H,20,23). The van der Waals surface area contributed by atoms with Crippen LogP contribution in [0, 0.1) is 0 Å². The number of nitrogens with zero attached hydrogens (tertiary/aromatic N) is 2. The van der Waals surface area contributed by atoms with Gasteiger partial charge in [-0.1, -0.05) is 18.2 Å². The Morgan fingerprint density at radius 3 is 2.83 bits per heavy atom. The fourth-order valence-corrected chi connectivity index (χ4v) is 3.47. The third-order valence-electron chi connectivity index (χ3n) is 4.43. The van der Waals surface area contributed by atoms with Crippen molar-refractivity contribution in [2.24, 2.45) is 0 Å². The van der Waals surface area contributed by atoms with Gasteiger partial charge >= 0.3 is 12.2 Å². The number of amides is 2. The van der Waals surface area contributed by atoms with Crippen molar-refractivity contribution in [3.05, 3.63) is 29.8 Å². The second-order valence-corrected chi connectivity index (χ2v) is 6.34. The lowest BCUT2D eigenvalue weighted by Gasteiger charge is -2.25. The number of benzene rings is 1. The molecular formula is C16H20F3N3O. The number of alkyl halides is 3. The van der Waals surface area contributed by atoms with Gasteiger partial charge in [-0.3, -0.25) is 9.80 Å². The monoisotopic (exact) mass is 327 g/mol. The Kier molecular flexibility index (Phi) is 4.23. The van der Waals surface area contributed by atoms with E-state index in [0.717, 1.165) is 17.7 Å². The van der Waals surface area contributed by atoms with Crippen LogP contribution in [-0.2, 0) is 6.42 Å². The van der Waals surface area contributed by atoms with Crippen molar-refractivity contribution in [1.29, 1.82) is 0 Å². The van der Waals surface area contributed by atoms with Crippen molar-refractivity contribution in [1.82, 2.24) is 10.2 Å². The molecule has 0 aliphatic carbocycles. The number of urea groups is 1. The number of likely N-dealkylation sites (tertiary alicyclic amines) is 1. The maximum atomic E-state index is 12.5. The summed E-state index contributed by atoms with van der Waals surface area (Å²) < 4.78 is 37.3. The summed E-state index contributed by atoms with van der Waals surface area (Å²) in [6, 6.07) is 7.34. The van der Waals surface area contributed by atoms with Gasteiger partial charge in [0.1, 0.15) is 0 Å². The fourth-order valence-electron chi connectivity index (χ4n) is 3.47. The highest BCUT2D eigenvalue weighted by Crippen LogP contribution is 2.32. The van der Waals surface area contributed by atoms with E-state index in [2.05, 4.69) is 5.32 Å². The number of anilines is 1. The van der Waals surface area contributed by atoms with Gasteiger partial charge in [0.25, 0.3) is 0 Å². The van der Waals surface area contributed by atoms with Crippen molar-refractivity contribution in [2.45, 2.75) is 38.0 Å². The minimum atomic E-state index is -4.19. The number of para-hydroxylation sites is 1. The number of rotatable bonds is 2. The lowest BCUT2D eigenvalue weighted by atomic mass is 10.1. The molecule has 0 spiro atoms. The van der Waals surface area contributed by atoms with E-state index in [1.54, 1.807) is 4.90 Å². The van der Waals surface area contributed by atoms with E-state index in [1.807, 2.05) is 31.2 Å². The summed E-state index contributed by atoms with van der Waals surface area (Å²) in [6.45, 7) is 1.66. The largest absolute Gasteiger partial charge is 0.401 e. The molecule has 0 aromatic heterocycles. The quantitative estimate of drug-likeness (QED) is 0.907. The van der Waals surface area contributed by atoms with E-state index in [4.69, 9.17) is 0 Å². The molecule has 1 aromatic rings. The molecule has 7 heteroatoms. The molecule has 2 aliphatic heterocycles. The zero-order valence-electron chi connectivity index (χ0n) is 12.9. The number of halogens is 3. The zero-order valence-corrected chi connectivity index (χ0v) is 12.9. The first-order valence-corrected chi connectivity index (χ1v) is 7.80. The molecule has 1 fully saturated rings. The lowest BCUT2D eigenvalue weighted by Crippen LogP contribution is -2.48. The number of carbonyl (C=O) groups is 1. The predicted molar refractivity (Wildman–Crippen MR) is 81.5 cm³/mol. The minimum absolute atomic E-state index is 0.0556. The molecule has 0 bridgehead atoms. The van der Waals surface area contributed by atoms with Crippen molar-refractivity contribution in [3.8, 4) is 0 Å². The van der Waals surface area contributed by atoms with E-state index in [1.165, 1.54) is 4.90 Å². The van der Waals surface area contributed by atoms with Gasteiger partial charge in [0, 0.05) is 30.9 Å². The number of hydrogen-bond acceptors (Lipinski definition) is 2. The Labute approximate surface area is 133 Å². The van der Waals surface area contributed by atoms with E-state index >= 15 is 0 Å². The van der Waals surface area contributed by atoms with E-state index in [9.17, 15) is 18.0 Å². The molecule has 1 aromatic carbocycles. The second-order valence-electron chi connectivity index (χ2n) is 6.34. The van der Waals surface area contributed by atoms with Crippen molar-refractivity contribution >= 4 is 11.7 Å². The van der Waals surface area contributed by atoms with Crippen LogP contribution in [-0.4, -0.2) is 48.8 Å². The molecule has 2 amide bonds. The van der Waals surface area contributed by atoms with Gasteiger partial charge in [-0.2, -0.15) is 13.2 Å². The highest BCUT2D eigenvalue weighted by Gasteiger charge is 2.36. The molecule has 2 atom stereocenters. The lowest BCUT2D eigenvalue weighted by molar-refractivity contribution is -0.143. The summed E-state index contributed by atoms with van der Waals surface area (Å²) in [7, 11) is 0. The van der Waals surface area contributed by atoms with Gasteiger partial charge in [-0.15, -0.1) is 0 Å².